The van der Waals surface area contributed by atoms with E-state index in [2.05, 4.69) is 85.0 Å². The molecule has 3 aromatic rings. The highest BCUT2D eigenvalue weighted by Gasteiger charge is 2.18. The van der Waals surface area contributed by atoms with Gasteiger partial charge in [0.25, 0.3) is 0 Å². The summed E-state index contributed by atoms with van der Waals surface area (Å²) >= 11 is 1.68. The molecule has 0 spiro atoms. The van der Waals surface area contributed by atoms with Crippen LogP contribution < -0.4 is 14.6 Å². The van der Waals surface area contributed by atoms with Gasteiger partial charge >= 0.3 is 0 Å². The number of amides is 1. The average molecular weight is 606 g/mol. The molecule has 1 amide bonds. The lowest BCUT2D eigenvalue weighted by atomic mass is 9.86. The molecule has 1 heterocycles. The molecule has 0 bridgehead atoms. The standard InChI is InChI=1S/C38H56N2O2S/c1-5-6-7-8-9-10-11-12-13-14-15-16-17-18-26-42-36-29-34(38(2,3)4)22-21-33(36)28-37(41)39-35-23-19-32(20-24-35)30-40-25-27-43-31-40/h19-25,27,29,31H,5-18,26,28,30H2,1-4H3/p+1. The summed E-state index contributed by atoms with van der Waals surface area (Å²) in [5.41, 5.74) is 6.32. The number of ether oxygens (including phenoxy) is 1. The summed E-state index contributed by atoms with van der Waals surface area (Å²) in [6, 6.07) is 14.5. The fourth-order valence-electron chi connectivity index (χ4n) is 5.41. The quantitative estimate of drug-likeness (QED) is 0.0969. The number of unbranched alkanes of at least 4 members (excludes halogenated alkanes) is 13. The van der Waals surface area contributed by atoms with Crippen LogP contribution >= 0.6 is 11.3 Å². The second kappa shape index (κ2) is 19.6. The van der Waals surface area contributed by atoms with Crippen LogP contribution in [-0.4, -0.2) is 12.5 Å². The number of aromatic nitrogens is 1. The first-order valence-electron chi connectivity index (χ1n) is 16.9. The van der Waals surface area contributed by atoms with Gasteiger partial charge in [-0.3, -0.25) is 4.79 Å². The maximum Gasteiger partial charge on any atom is 0.228 e. The van der Waals surface area contributed by atoms with E-state index in [1.54, 1.807) is 11.3 Å². The van der Waals surface area contributed by atoms with Crippen molar-refractivity contribution in [3.05, 3.63) is 76.2 Å². The van der Waals surface area contributed by atoms with E-state index in [4.69, 9.17) is 4.74 Å². The highest BCUT2D eigenvalue weighted by Crippen LogP contribution is 2.29. The van der Waals surface area contributed by atoms with Crippen molar-refractivity contribution in [3.63, 3.8) is 0 Å². The van der Waals surface area contributed by atoms with E-state index in [0.29, 0.717) is 13.0 Å². The second-order valence-electron chi connectivity index (χ2n) is 13.1. The first kappa shape index (κ1) is 34.8. The molecular formula is C38H57N2O2S+. The summed E-state index contributed by atoms with van der Waals surface area (Å²) in [7, 11) is 0. The Morgan fingerprint density at radius 2 is 1.42 bits per heavy atom. The third-order valence-corrected chi connectivity index (χ3v) is 8.84. The van der Waals surface area contributed by atoms with Crippen LogP contribution in [0.4, 0.5) is 5.69 Å². The molecule has 0 fully saturated rings. The Hall–Kier alpha value is -2.66. The molecule has 0 saturated carbocycles. The zero-order valence-electron chi connectivity index (χ0n) is 27.5. The molecule has 0 aliphatic heterocycles. The van der Waals surface area contributed by atoms with Gasteiger partial charge in [0.2, 0.25) is 11.4 Å². The van der Waals surface area contributed by atoms with E-state index in [9.17, 15) is 4.79 Å². The van der Waals surface area contributed by atoms with Gasteiger partial charge < -0.3 is 10.1 Å². The zero-order chi connectivity index (χ0) is 30.8. The fraction of sp³-hybridized carbons (Fsp3) is 0.579. The van der Waals surface area contributed by atoms with Gasteiger partial charge in [0, 0.05) is 16.8 Å². The molecule has 5 heteroatoms. The van der Waals surface area contributed by atoms with Crippen molar-refractivity contribution >= 4 is 22.9 Å². The molecule has 0 saturated heterocycles. The largest absolute Gasteiger partial charge is 0.493 e. The van der Waals surface area contributed by atoms with Crippen molar-refractivity contribution in [2.75, 3.05) is 11.9 Å². The van der Waals surface area contributed by atoms with Crippen LogP contribution in [0.5, 0.6) is 5.75 Å². The summed E-state index contributed by atoms with van der Waals surface area (Å²) in [4.78, 5) is 13.0. The van der Waals surface area contributed by atoms with Crippen molar-refractivity contribution in [1.29, 1.82) is 0 Å². The number of benzene rings is 2. The first-order valence-corrected chi connectivity index (χ1v) is 17.9. The van der Waals surface area contributed by atoms with Crippen LogP contribution in [0.25, 0.3) is 0 Å². The van der Waals surface area contributed by atoms with Crippen LogP contribution in [0, 0.1) is 0 Å². The lowest BCUT2D eigenvalue weighted by molar-refractivity contribution is -0.683. The Labute approximate surface area is 266 Å². The molecule has 43 heavy (non-hydrogen) atoms. The molecule has 1 aromatic heterocycles. The van der Waals surface area contributed by atoms with E-state index in [1.165, 1.54) is 94.6 Å². The van der Waals surface area contributed by atoms with Crippen LogP contribution in [0.2, 0.25) is 0 Å². The van der Waals surface area contributed by atoms with Crippen LogP contribution in [-0.2, 0) is 23.2 Å². The van der Waals surface area contributed by atoms with Gasteiger partial charge in [-0.15, -0.1) is 0 Å². The average Bonchev–Trinajstić information content (AvgIpc) is 3.49. The summed E-state index contributed by atoms with van der Waals surface area (Å²) in [5, 5.41) is 5.14. The minimum Gasteiger partial charge on any atom is -0.493 e. The van der Waals surface area contributed by atoms with Gasteiger partial charge in [-0.05, 0) is 35.6 Å². The monoisotopic (exact) mass is 605 g/mol. The Balaban J connectivity index is 1.38. The third-order valence-electron chi connectivity index (χ3n) is 8.17. The number of nitrogens with one attached hydrogen (secondary N) is 1. The minimum atomic E-state index is -0.0233. The Kier molecular flexibility index (Phi) is 15.9. The summed E-state index contributed by atoms with van der Waals surface area (Å²) < 4.78 is 8.47. The van der Waals surface area contributed by atoms with Crippen molar-refractivity contribution in [1.82, 2.24) is 0 Å². The predicted octanol–water partition coefficient (Wildman–Crippen LogP) is 10.4. The SMILES string of the molecule is CCCCCCCCCCCCCCCCOc1cc(C(C)(C)C)ccc1CC(=O)Nc1ccc(C[n+]2ccsc2)cc1. The highest BCUT2D eigenvalue weighted by atomic mass is 32.1. The molecule has 0 radical (unpaired) electrons. The van der Waals surface area contributed by atoms with Gasteiger partial charge in [-0.2, -0.15) is 4.57 Å². The molecule has 4 nitrogen and oxygen atoms in total. The van der Waals surface area contributed by atoms with Crippen LogP contribution in [0.15, 0.2) is 59.6 Å². The lowest BCUT2D eigenvalue weighted by Gasteiger charge is -2.21. The smallest absolute Gasteiger partial charge is 0.228 e. The van der Waals surface area contributed by atoms with E-state index in [1.807, 2.05) is 12.1 Å². The number of carbonyl (C=O) groups excluding carboxylic acids is 1. The van der Waals surface area contributed by atoms with Crippen molar-refractivity contribution < 1.29 is 14.1 Å². The van der Waals surface area contributed by atoms with E-state index >= 15 is 0 Å². The van der Waals surface area contributed by atoms with E-state index < -0.39 is 0 Å². The predicted molar refractivity (Wildman–Crippen MR) is 183 cm³/mol. The highest BCUT2D eigenvalue weighted by molar-refractivity contribution is 7.07. The topological polar surface area (TPSA) is 42.2 Å². The summed E-state index contributed by atoms with van der Waals surface area (Å²) in [5.74, 6) is 0.824. The zero-order valence-corrected chi connectivity index (χ0v) is 28.3. The normalized spacial score (nSPS) is 11.5. The molecule has 2 aromatic carbocycles. The number of rotatable bonds is 21. The molecule has 3 rings (SSSR count). The van der Waals surface area contributed by atoms with Gasteiger partial charge in [0.05, 0.1) is 18.4 Å². The van der Waals surface area contributed by atoms with Gasteiger partial charge in [0.15, 0.2) is 12.7 Å². The molecule has 0 aliphatic rings. The summed E-state index contributed by atoms with van der Waals surface area (Å²) in [6.07, 6.45) is 21.2. The van der Waals surface area contributed by atoms with Gasteiger partial charge in [-0.1, -0.05) is 147 Å². The number of hydrogen-bond donors (Lipinski definition) is 1. The maximum absolute atomic E-state index is 13.0. The number of carbonyl (C=O) groups is 1. The molecule has 236 valence electrons. The first-order chi connectivity index (χ1) is 20.8. The Morgan fingerprint density at radius 1 is 0.814 bits per heavy atom. The van der Waals surface area contributed by atoms with Crippen molar-refractivity contribution in [3.8, 4) is 5.75 Å². The van der Waals surface area contributed by atoms with Gasteiger partial charge in [-0.25, -0.2) is 0 Å². The number of thiazole rings is 1. The lowest BCUT2D eigenvalue weighted by Crippen LogP contribution is -2.30. The molecule has 1 N–H and O–H groups in total. The number of nitrogens with zero attached hydrogens (tertiary/aromatic N) is 1. The Bertz CT molecular complexity index is 1170. The van der Waals surface area contributed by atoms with Crippen molar-refractivity contribution in [2.45, 2.75) is 136 Å². The molecular weight excluding hydrogens is 548 g/mol. The second-order valence-corrected chi connectivity index (χ2v) is 13.9. The number of anilines is 1. The Morgan fingerprint density at radius 3 is 1.98 bits per heavy atom. The van der Waals surface area contributed by atoms with Crippen molar-refractivity contribution in [2.24, 2.45) is 0 Å². The summed E-state index contributed by atoms with van der Waals surface area (Å²) in [6.45, 7) is 10.5. The van der Waals surface area contributed by atoms with Crippen LogP contribution in [0.3, 0.4) is 0 Å². The maximum atomic E-state index is 13.0. The van der Waals surface area contributed by atoms with Crippen LogP contribution in [0.1, 0.15) is 134 Å². The minimum absolute atomic E-state index is 0.0233. The van der Waals surface area contributed by atoms with E-state index in [-0.39, 0.29) is 11.3 Å². The molecule has 0 aliphatic carbocycles. The molecule has 0 atom stereocenters. The molecule has 0 unspecified atom stereocenters. The van der Waals surface area contributed by atoms with Gasteiger partial charge in [0.1, 0.15) is 5.75 Å². The third kappa shape index (κ3) is 14.1. The fourth-order valence-corrected chi connectivity index (χ4v) is 6.01. The number of hydrogen-bond acceptors (Lipinski definition) is 3. The van der Waals surface area contributed by atoms with E-state index in [0.717, 1.165) is 30.0 Å².